The molecule has 0 aromatic rings. The highest BCUT2D eigenvalue weighted by molar-refractivity contribution is 5.84. The molecule has 0 saturated carbocycles. The van der Waals surface area contributed by atoms with Crippen LogP contribution in [0.2, 0.25) is 0 Å². The van der Waals surface area contributed by atoms with Crippen LogP contribution in [0.4, 0.5) is 9.32 Å². The Morgan fingerprint density at radius 3 is 2.08 bits per heavy atom. The van der Waals surface area contributed by atoms with Crippen LogP contribution >= 0.6 is 0 Å². The number of carboxylic acids is 1. The van der Waals surface area contributed by atoms with Crippen molar-refractivity contribution in [3.63, 3.8) is 0 Å². The van der Waals surface area contributed by atoms with E-state index in [4.69, 9.17) is 10.3 Å². The molecule has 0 saturated heterocycles. The number of amides is 2. The lowest BCUT2D eigenvalue weighted by Gasteiger charge is -2.15. The first kappa shape index (κ1) is 28.5. The summed E-state index contributed by atoms with van der Waals surface area (Å²) in [6, 6.07) is -2.43. The summed E-state index contributed by atoms with van der Waals surface area (Å²) in [4.78, 5) is 45.4. The number of urea groups is 1. The van der Waals surface area contributed by atoms with Crippen molar-refractivity contribution in [2.75, 3.05) is 0 Å². The van der Waals surface area contributed by atoms with Crippen LogP contribution in [0.3, 0.4) is 0 Å². The molecule has 2 atom stereocenters. The number of rotatable bonds is 10. The van der Waals surface area contributed by atoms with E-state index in [1.165, 1.54) is 6.92 Å². The Morgan fingerprint density at radius 1 is 1.15 bits per heavy atom. The predicted molar refractivity (Wildman–Crippen MR) is 90.8 cm³/mol. The fourth-order valence-corrected chi connectivity index (χ4v) is 1.53. The van der Waals surface area contributed by atoms with Gasteiger partial charge in [0.05, 0.1) is 6.04 Å². The van der Waals surface area contributed by atoms with Crippen LogP contribution < -0.4 is 16.5 Å². The molecule has 10 nitrogen and oxygen atoms in total. The third-order valence-electron chi connectivity index (χ3n) is 2.84. The molecule has 11 heteroatoms. The number of carboxylic acid groups (broad SMARTS) is 1. The number of nitrogens with one attached hydrogen (secondary N) is 2. The minimum Gasteiger partial charge on any atom is -0.481 e. The van der Waals surface area contributed by atoms with Gasteiger partial charge in [-0.25, -0.2) is 15.5 Å². The Morgan fingerprint density at radius 2 is 1.73 bits per heavy atom. The third-order valence-corrected chi connectivity index (χ3v) is 2.84. The first-order valence-corrected chi connectivity index (χ1v) is 8.14. The second-order valence-electron chi connectivity index (χ2n) is 5.12. The SMILES string of the molecule is CCCC(=O)O.CCCCC[C@@H](C=O)NC(=O)N[C@@H](C)C(=O)OF.NO. The van der Waals surface area contributed by atoms with Gasteiger partial charge in [-0.15, -0.1) is 0 Å². The van der Waals surface area contributed by atoms with Gasteiger partial charge in [0.2, 0.25) is 0 Å². The molecule has 0 fully saturated rings. The van der Waals surface area contributed by atoms with Gasteiger partial charge >= 0.3 is 18.0 Å². The van der Waals surface area contributed by atoms with E-state index < -0.39 is 30.1 Å². The van der Waals surface area contributed by atoms with Crippen LogP contribution in [0, 0.1) is 0 Å². The summed E-state index contributed by atoms with van der Waals surface area (Å²) < 4.78 is 11.5. The summed E-state index contributed by atoms with van der Waals surface area (Å²) in [6.45, 7) is 5.14. The van der Waals surface area contributed by atoms with Crippen LogP contribution in [0.15, 0.2) is 0 Å². The molecule has 0 aromatic carbocycles. The number of carbonyl (C=O) groups is 4. The van der Waals surface area contributed by atoms with Gasteiger partial charge in [0.25, 0.3) is 0 Å². The van der Waals surface area contributed by atoms with Gasteiger partial charge in [-0.05, 0) is 19.8 Å². The summed E-state index contributed by atoms with van der Waals surface area (Å²) in [6.07, 6.45) is 4.99. The maximum absolute atomic E-state index is 11.5. The monoisotopic (exact) mass is 383 g/mol. The number of aliphatic carboxylic acids is 1. The topological polar surface area (TPSA) is 168 Å². The molecule has 6 N–H and O–H groups in total. The molecule has 0 spiro atoms. The highest BCUT2D eigenvalue weighted by Crippen LogP contribution is 2.01. The Kier molecular flexibility index (Phi) is 22.8. The number of unbranched alkanes of at least 4 members (excludes halogenated alkanes) is 2. The third kappa shape index (κ3) is 19.8. The van der Waals surface area contributed by atoms with Gasteiger partial charge in [0, 0.05) is 10.9 Å². The maximum Gasteiger partial charge on any atom is 0.370 e. The first-order valence-electron chi connectivity index (χ1n) is 8.14. The quantitative estimate of drug-likeness (QED) is 0.214. The van der Waals surface area contributed by atoms with Crippen molar-refractivity contribution in [1.82, 2.24) is 10.6 Å². The Bertz CT molecular complexity index is 397. The molecule has 0 aliphatic rings. The number of carbonyl (C=O) groups excluding carboxylic acids is 3. The second kappa shape index (κ2) is 20.8. The molecule has 0 aliphatic heterocycles. The van der Waals surface area contributed by atoms with Crippen LogP contribution in [0.5, 0.6) is 0 Å². The van der Waals surface area contributed by atoms with E-state index >= 15 is 0 Å². The first-order chi connectivity index (χ1) is 12.3. The van der Waals surface area contributed by atoms with E-state index in [2.05, 4.69) is 21.5 Å². The average molecular weight is 383 g/mol. The Balaban J connectivity index is -0.000000556. The number of nitrogens with two attached hydrogens (primary N) is 1. The lowest BCUT2D eigenvalue weighted by atomic mass is 10.1. The summed E-state index contributed by atoms with van der Waals surface area (Å²) in [5.41, 5.74) is 0. The van der Waals surface area contributed by atoms with Gasteiger partial charge in [0.15, 0.2) is 0 Å². The maximum atomic E-state index is 11.5. The lowest BCUT2D eigenvalue weighted by Crippen LogP contribution is -2.48. The highest BCUT2D eigenvalue weighted by atomic mass is 19.3. The minimum absolute atomic E-state index is 0.292. The van der Waals surface area contributed by atoms with Gasteiger partial charge in [-0.3, -0.25) is 9.74 Å². The largest absolute Gasteiger partial charge is 0.481 e. The zero-order valence-electron chi connectivity index (χ0n) is 15.4. The molecule has 0 heterocycles. The molecule has 2 amide bonds. The van der Waals surface area contributed by atoms with E-state index in [1.807, 2.05) is 13.8 Å². The van der Waals surface area contributed by atoms with Crippen LogP contribution in [0.25, 0.3) is 0 Å². The van der Waals surface area contributed by atoms with Crippen molar-refractivity contribution in [2.45, 2.75) is 71.4 Å². The zero-order chi connectivity index (χ0) is 21.0. The van der Waals surface area contributed by atoms with E-state index in [9.17, 15) is 23.7 Å². The molecular formula is C15H30FN3O7. The molecule has 0 aromatic heterocycles. The fraction of sp³-hybridized carbons (Fsp3) is 0.733. The normalized spacial score (nSPS) is 11.3. The van der Waals surface area contributed by atoms with Crippen molar-refractivity contribution in [3.8, 4) is 0 Å². The van der Waals surface area contributed by atoms with Crippen LogP contribution in [-0.4, -0.2) is 46.7 Å². The molecule has 0 rings (SSSR count). The van der Waals surface area contributed by atoms with Gasteiger partial charge in [-0.2, -0.15) is 0 Å². The Hall–Kier alpha value is -2.27. The molecule has 0 bridgehead atoms. The lowest BCUT2D eigenvalue weighted by molar-refractivity contribution is -0.185. The Labute approximate surface area is 152 Å². The summed E-state index contributed by atoms with van der Waals surface area (Å²) in [5, 5.41) is 19.0. The summed E-state index contributed by atoms with van der Waals surface area (Å²) in [5.74, 6) is 1.59. The van der Waals surface area contributed by atoms with E-state index in [1.54, 1.807) is 0 Å². The van der Waals surface area contributed by atoms with Crippen molar-refractivity contribution >= 4 is 24.3 Å². The minimum atomic E-state index is -1.20. The molecule has 26 heavy (non-hydrogen) atoms. The van der Waals surface area contributed by atoms with Crippen molar-refractivity contribution in [3.05, 3.63) is 0 Å². The average Bonchev–Trinajstić information content (AvgIpc) is 2.62. The van der Waals surface area contributed by atoms with Crippen LogP contribution in [0.1, 0.15) is 59.3 Å². The number of hydrogen-bond acceptors (Lipinski definition) is 7. The van der Waals surface area contributed by atoms with Crippen molar-refractivity contribution < 1.29 is 39.0 Å². The number of aldehydes is 1. The molecule has 0 radical (unpaired) electrons. The number of halogens is 1. The van der Waals surface area contributed by atoms with E-state index in [0.717, 1.165) is 25.7 Å². The summed E-state index contributed by atoms with van der Waals surface area (Å²) >= 11 is 0. The zero-order valence-corrected chi connectivity index (χ0v) is 15.4. The van der Waals surface area contributed by atoms with Crippen LogP contribution in [-0.2, 0) is 19.3 Å². The molecule has 154 valence electrons. The van der Waals surface area contributed by atoms with E-state index in [0.29, 0.717) is 19.1 Å². The van der Waals surface area contributed by atoms with Gasteiger partial charge in [0.1, 0.15) is 12.3 Å². The predicted octanol–water partition coefficient (Wildman–Crippen LogP) is 1.46. The van der Waals surface area contributed by atoms with Gasteiger partial charge in [-0.1, -0.05) is 33.1 Å². The highest BCUT2D eigenvalue weighted by Gasteiger charge is 2.19. The molecule has 0 aliphatic carbocycles. The smallest absolute Gasteiger partial charge is 0.370 e. The molecule has 0 unspecified atom stereocenters. The van der Waals surface area contributed by atoms with E-state index in [-0.39, 0.29) is 0 Å². The number of hydrogen-bond donors (Lipinski definition) is 5. The fourth-order valence-electron chi connectivity index (χ4n) is 1.53. The summed E-state index contributed by atoms with van der Waals surface area (Å²) in [7, 11) is 0. The standard InChI is InChI=1S/C11H19FN2O4.C4H8O2.H3NO/c1-3-4-5-6-9(7-15)14-11(17)13-8(2)10(16)18-12;1-2-3-4(5)6;1-2/h7-9H,3-6H2,1-2H3,(H2,13,14,17);2-3H2,1H3,(H,5,6);2H,1H2/t8-,9-;;/m0../s1. The van der Waals surface area contributed by atoms with Crippen molar-refractivity contribution in [2.24, 2.45) is 5.90 Å². The second-order valence-corrected chi connectivity index (χ2v) is 5.12. The van der Waals surface area contributed by atoms with Gasteiger partial charge < -0.3 is 25.7 Å². The van der Waals surface area contributed by atoms with Crippen molar-refractivity contribution in [1.29, 1.82) is 0 Å². The molecular weight excluding hydrogens is 353 g/mol.